The molecule has 2 atom stereocenters. The molecule has 1 aliphatic rings. The van der Waals surface area contributed by atoms with E-state index >= 15 is 0 Å². The monoisotopic (exact) mass is 369 g/mol. The highest BCUT2D eigenvalue weighted by molar-refractivity contribution is 7.16. The first-order valence-electron chi connectivity index (χ1n) is 9.05. The van der Waals surface area contributed by atoms with Crippen molar-refractivity contribution in [1.29, 1.82) is 0 Å². The molecule has 2 N–H and O–H groups in total. The Labute approximate surface area is 156 Å². The van der Waals surface area contributed by atoms with Crippen molar-refractivity contribution < 1.29 is 0 Å². The quantitative estimate of drug-likeness (QED) is 0.747. The van der Waals surface area contributed by atoms with E-state index in [0.717, 1.165) is 42.1 Å². The molecule has 3 heterocycles. The van der Waals surface area contributed by atoms with E-state index in [2.05, 4.69) is 16.8 Å². The average molecular weight is 369 g/mol. The number of nitrogens with two attached hydrogens (primary N) is 1. The van der Waals surface area contributed by atoms with Crippen LogP contribution in [0.3, 0.4) is 0 Å². The number of nitrogens with zero attached hydrogens (tertiary/aromatic N) is 4. The van der Waals surface area contributed by atoms with Gasteiger partial charge < -0.3 is 5.73 Å². The summed E-state index contributed by atoms with van der Waals surface area (Å²) in [5, 5.41) is 0. The predicted octanol–water partition coefficient (Wildman–Crippen LogP) is 2.39. The van der Waals surface area contributed by atoms with Gasteiger partial charge in [-0.05, 0) is 18.4 Å². The van der Waals surface area contributed by atoms with Crippen LogP contribution in [0.4, 0.5) is 0 Å². The second-order valence-electron chi connectivity index (χ2n) is 6.82. The molecule has 136 valence electrons. The van der Waals surface area contributed by atoms with E-state index in [1.165, 1.54) is 11.3 Å². The minimum absolute atomic E-state index is 0.0583. The maximum atomic E-state index is 13.1. The van der Waals surface area contributed by atoms with E-state index in [0.29, 0.717) is 12.1 Å². The zero-order valence-electron chi connectivity index (χ0n) is 14.8. The molecule has 4 rings (SSSR count). The van der Waals surface area contributed by atoms with E-state index < -0.39 is 0 Å². The average Bonchev–Trinajstić information content (AvgIpc) is 3.29. The third-order valence-electron chi connectivity index (χ3n) is 5.05. The summed E-state index contributed by atoms with van der Waals surface area (Å²) in [6.45, 7) is 4.44. The van der Waals surface area contributed by atoms with Crippen LogP contribution in [-0.2, 0) is 6.54 Å². The van der Waals surface area contributed by atoms with E-state index in [1.807, 2.05) is 30.3 Å². The third-order valence-corrected chi connectivity index (χ3v) is 5.77. The fraction of sp³-hybridized carbons (Fsp3) is 0.421. The number of thiazole rings is 1. The molecule has 0 aliphatic carbocycles. The lowest BCUT2D eigenvalue weighted by molar-refractivity contribution is 0.221. The van der Waals surface area contributed by atoms with Gasteiger partial charge in [-0.1, -0.05) is 37.3 Å². The Bertz CT molecular complexity index is 951. The molecule has 6 nitrogen and oxygen atoms in total. The van der Waals surface area contributed by atoms with Crippen LogP contribution in [0.5, 0.6) is 0 Å². The first kappa shape index (κ1) is 17.3. The summed E-state index contributed by atoms with van der Waals surface area (Å²) < 4.78 is 1.80. The fourth-order valence-electron chi connectivity index (χ4n) is 3.74. The third kappa shape index (κ3) is 3.18. The summed E-state index contributed by atoms with van der Waals surface area (Å²) in [6, 6.07) is 10.3. The van der Waals surface area contributed by atoms with Crippen LogP contribution in [0.25, 0.3) is 10.3 Å². The number of aromatic nitrogens is 3. The van der Waals surface area contributed by atoms with Gasteiger partial charge in [0.1, 0.15) is 5.82 Å². The van der Waals surface area contributed by atoms with Crippen LogP contribution in [-0.4, -0.2) is 38.6 Å². The molecule has 0 saturated carbocycles. The van der Waals surface area contributed by atoms with Crippen molar-refractivity contribution in [3.05, 3.63) is 57.6 Å². The molecule has 2 unspecified atom stereocenters. The van der Waals surface area contributed by atoms with E-state index in [-0.39, 0.29) is 17.6 Å². The van der Waals surface area contributed by atoms with E-state index in [1.54, 1.807) is 10.1 Å². The molecule has 3 aromatic rings. The van der Waals surface area contributed by atoms with Crippen LogP contribution in [0.2, 0.25) is 0 Å². The summed E-state index contributed by atoms with van der Waals surface area (Å²) in [5.41, 5.74) is 9.31. The summed E-state index contributed by atoms with van der Waals surface area (Å²) in [6.07, 6.45) is 1.88. The molecule has 0 spiro atoms. The van der Waals surface area contributed by atoms with Gasteiger partial charge in [-0.2, -0.15) is 0 Å². The molecule has 2 aromatic heterocycles. The van der Waals surface area contributed by atoms with Crippen LogP contribution in [0.1, 0.15) is 37.2 Å². The lowest BCUT2D eigenvalue weighted by Crippen LogP contribution is -2.35. The fourth-order valence-corrected chi connectivity index (χ4v) is 4.39. The van der Waals surface area contributed by atoms with Gasteiger partial charge in [0, 0.05) is 19.1 Å². The Kier molecular flexibility index (Phi) is 4.84. The largest absolute Gasteiger partial charge is 0.326 e. The zero-order valence-corrected chi connectivity index (χ0v) is 15.7. The Morgan fingerprint density at radius 3 is 2.85 bits per heavy atom. The molecular formula is C19H23N5OS. The highest BCUT2D eigenvalue weighted by Gasteiger charge is 2.30. The van der Waals surface area contributed by atoms with Gasteiger partial charge in [0.25, 0.3) is 5.56 Å². The number of fused-ring (bicyclic) bond motifs is 1. The molecule has 1 aliphatic heterocycles. The van der Waals surface area contributed by atoms with Crippen molar-refractivity contribution in [2.75, 3.05) is 13.1 Å². The summed E-state index contributed by atoms with van der Waals surface area (Å²) in [4.78, 5) is 25.3. The van der Waals surface area contributed by atoms with Gasteiger partial charge in [-0.3, -0.25) is 14.3 Å². The minimum Gasteiger partial charge on any atom is -0.326 e. The highest BCUT2D eigenvalue weighted by Crippen LogP contribution is 2.27. The van der Waals surface area contributed by atoms with Crippen LogP contribution in [0.15, 0.2) is 40.6 Å². The normalized spacial score (nSPS) is 19.2. The van der Waals surface area contributed by atoms with E-state index in [9.17, 15) is 4.79 Å². The number of benzene rings is 1. The van der Waals surface area contributed by atoms with Crippen molar-refractivity contribution in [1.82, 2.24) is 19.4 Å². The SMILES string of the molecule is CCC(c1nc2scnc2c(=O)n1Cc1ccccc1)N1CCC(N)C1. The van der Waals surface area contributed by atoms with Crippen molar-refractivity contribution in [2.45, 2.75) is 38.4 Å². The summed E-state index contributed by atoms with van der Waals surface area (Å²) in [5.74, 6) is 0.826. The van der Waals surface area contributed by atoms with Crippen LogP contribution >= 0.6 is 11.3 Å². The number of hydrogen-bond acceptors (Lipinski definition) is 6. The van der Waals surface area contributed by atoms with Gasteiger partial charge in [0.2, 0.25) is 0 Å². The topological polar surface area (TPSA) is 77.0 Å². The van der Waals surface area contributed by atoms with Crippen molar-refractivity contribution in [2.24, 2.45) is 5.73 Å². The molecule has 1 aromatic carbocycles. The highest BCUT2D eigenvalue weighted by atomic mass is 32.1. The number of likely N-dealkylation sites (tertiary alicyclic amines) is 1. The summed E-state index contributed by atoms with van der Waals surface area (Å²) in [7, 11) is 0. The summed E-state index contributed by atoms with van der Waals surface area (Å²) >= 11 is 1.42. The molecule has 26 heavy (non-hydrogen) atoms. The van der Waals surface area contributed by atoms with Gasteiger partial charge >= 0.3 is 0 Å². The number of hydrogen-bond donors (Lipinski definition) is 1. The van der Waals surface area contributed by atoms with Crippen LogP contribution in [0, 0.1) is 0 Å². The second kappa shape index (κ2) is 7.26. The van der Waals surface area contributed by atoms with Gasteiger partial charge in [-0.25, -0.2) is 9.97 Å². The molecule has 1 fully saturated rings. The van der Waals surface area contributed by atoms with Crippen molar-refractivity contribution >= 4 is 21.7 Å². The maximum absolute atomic E-state index is 13.1. The van der Waals surface area contributed by atoms with Crippen molar-refractivity contribution in [3.8, 4) is 0 Å². The minimum atomic E-state index is -0.0583. The zero-order chi connectivity index (χ0) is 18.1. The molecule has 1 saturated heterocycles. The van der Waals surface area contributed by atoms with E-state index in [4.69, 9.17) is 10.7 Å². The standard InChI is InChI=1S/C19H23N5OS/c1-2-15(23-9-8-14(20)11-23)17-22-18-16(21-12-26-18)19(25)24(17)10-13-6-4-3-5-7-13/h3-7,12,14-15H,2,8-11,20H2,1H3. The predicted molar refractivity (Wildman–Crippen MR) is 104 cm³/mol. The smallest absolute Gasteiger partial charge is 0.281 e. The first-order chi connectivity index (χ1) is 12.7. The van der Waals surface area contributed by atoms with Crippen molar-refractivity contribution in [3.63, 3.8) is 0 Å². The van der Waals surface area contributed by atoms with Gasteiger partial charge in [0.15, 0.2) is 10.3 Å². The molecule has 7 heteroatoms. The maximum Gasteiger partial charge on any atom is 0.281 e. The number of rotatable bonds is 5. The Morgan fingerprint density at radius 1 is 1.35 bits per heavy atom. The molecule has 0 radical (unpaired) electrons. The van der Waals surface area contributed by atoms with Crippen LogP contribution < -0.4 is 11.3 Å². The lowest BCUT2D eigenvalue weighted by atomic mass is 10.1. The van der Waals surface area contributed by atoms with Gasteiger partial charge in [0.05, 0.1) is 18.1 Å². The molecule has 0 bridgehead atoms. The Balaban J connectivity index is 1.83. The molecule has 0 amide bonds. The first-order valence-corrected chi connectivity index (χ1v) is 9.92. The Hall–Kier alpha value is -2.09. The second-order valence-corrected chi connectivity index (χ2v) is 7.65. The Morgan fingerprint density at radius 2 is 2.15 bits per heavy atom. The van der Waals surface area contributed by atoms with Gasteiger partial charge in [-0.15, -0.1) is 11.3 Å². The lowest BCUT2D eigenvalue weighted by Gasteiger charge is -2.28. The molecular weight excluding hydrogens is 346 g/mol.